The van der Waals surface area contributed by atoms with Gasteiger partial charge in [-0.15, -0.1) is 0 Å². The van der Waals surface area contributed by atoms with Crippen LogP contribution in [0.2, 0.25) is 0 Å². The minimum absolute atomic E-state index is 0.553. The summed E-state index contributed by atoms with van der Waals surface area (Å²) >= 11 is 0. The highest BCUT2D eigenvalue weighted by Gasteiger charge is 2.52. The number of anilines is 3. The molecule has 4 aliphatic rings. The summed E-state index contributed by atoms with van der Waals surface area (Å²) < 4.78 is 13.4. The molecule has 0 fully saturated rings. The standard InChI is InChI=1S/C74H47NO2/c1-2-21-48(22-3-1)49-23-20-24-52(45-49)75(67-35-14-6-25-53(67)50-42-44-61-58(46-50)56-28-5-9-30-60(56)73(61)62-31-10-16-37-69(62)76-70-38-17-11-32-63(70)73)68-36-15-7-26-54(68)51-41-43-57-55-27-4-8-29-59(55)74(66(57)47-51)64-33-12-18-39-71(64)77-72-40-19-13-34-65(72)74/h1-47H. The molecule has 12 aromatic rings. The van der Waals surface area contributed by atoms with Crippen molar-refractivity contribution in [3.8, 4) is 78.6 Å². The first-order valence-corrected chi connectivity index (χ1v) is 26.6. The molecule has 3 nitrogen and oxygen atoms in total. The second-order valence-electron chi connectivity index (χ2n) is 20.6. The molecule has 0 N–H and O–H groups in total. The summed E-state index contributed by atoms with van der Waals surface area (Å²) in [6.07, 6.45) is 0. The molecule has 0 radical (unpaired) electrons. The summed E-state index contributed by atoms with van der Waals surface area (Å²) in [5.74, 6) is 3.54. The molecular weight excluding hydrogens is 935 g/mol. The number of ether oxygens (including phenoxy) is 2. The lowest BCUT2D eigenvalue weighted by Crippen LogP contribution is -2.32. The smallest absolute Gasteiger partial charge is 0.132 e. The van der Waals surface area contributed by atoms with Gasteiger partial charge in [0.05, 0.1) is 22.2 Å². The van der Waals surface area contributed by atoms with E-state index in [9.17, 15) is 0 Å². The van der Waals surface area contributed by atoms with Gasteiger partial charge in [-0.3, -0.25) is 0 Å². The number of benzene rings is 12. The molecule has 0 unspecified atom stereocenters. The molecule has 0 aromatic heterocycles. The largest absolute Gasteiger partial charge is 0.457 e. The van der Waals surface area contributed by atoms with Crippen LogP contribution in [-0.4, -0.2) is 0 Å². The lowest BCUT2D eigenvalue weighted by Gasteiger charge is -2.39. The topological polar surface area (TPSA) is 21.7 Å². The fraction of sp³-hybridized carbons (Fsp3) is 0.0270. The summed E-state index contributed by atoms with van der Waals surface area (Å²) in [4.78, 5) is 2.49. The fourth-order valence-corrected chi connectivity index (χ4v) is 13.7. The van der Waals surface area contributed by atoms with Gasteiger partial charge in [0, 0.05) is 39.1 Å². The second-order valence-corrected chi connectivity index (χ2v) is 20.6. The van der Waals surface area contributed by atoms with Crippen LogP contribution in [0.4, 0.5) is 17.1 Å². The molecule has 360 valence electrons. The Bertz CT molecular complexity index is 4290. The van der Waals surface area contributed by atoms with Gasteiger partial charge in [0.2, 0.25) is 0 Å². The first-order chi connectivity index (χ1) is 38.2. The molecule has 77 heavy (non-hydrogen) atoms. The number of fused-ring (bicyclic) bond motifs is 18. The molecule has 0 saturated heterocycles. The van der Waals surface area contributed by atoms with Gasteiger partial charge in [-0.05, 0) is 127 Å². The molecule has 2 aliphatic carbocycles. The van der Waals surface area contributed by atoms with Crippen LogP contribution in [-0.2, 0) is 10.8 Å². The van der Waals surface area contributed by atoms with Gasteiger partial charge >= 0.3 is 0 Å². The average Bonchev–Trinajstić information content (AvgIpc) is 3.87. The highest BCUT2D eigenvalue weighted by Crippen LogP contribution is 2.64. The van der Waals surface area contributed by atoms with E-state index in [1.54, 1.807) is 0 Å². The molecule has 2 heterocycles. The summed E-state index contributed by atoms with van der Waals surface area (Å²) in [5.41, 5.74) is 23.5. The maximum absolute atomic E-state index is 6.73. The zero-order valence-electron chi connectivity index (χ0n) is 41.9. The normalized spacial score (nSPS) is 13.9. The summed E-state index contributed by atoms with van der Waals surface area (Å²) in [7, 11) is 0. The van der Waals surface area contributed by atoms with Gasteiger partial charge in [0.25, 0.3) is 0 Å². The van der Waals surface area contributed by atoms with E-state index in [0.717, 1.165) is 90.1 Å². The van der Waals surface area contributed by atoms with Crippen molar-refractivity contribution >= 4 is 17.1 Å². The van der Waals surface area contributed by atoms with Crippen molar-refractivity contribution in [2.24, 2.45) is 0 Å². The second kappa shape index (κ2) is 16.8. The van der Waals surface area contributed by atoms with Crippen LogP contribution in [0.1, 0.15) is 44.5 Å². The van der Waals surface area contributed by atoms with E-state index in [2.05, 4.69) is 290 Å². The van der Waals surface area contributed by atoms with Crippen molar-refractivity contribution in [3.05, 3.63) is 330 Å². The number of nitrogens with zero attached hydrogens (tertiary/aromatic N) is 1. The third kappa shape index (κ3) is 6.14. The Morgan fingerprint density at radius 3 is 1.17 bits per heavy atom. The van der Waals surface area contributed by atoms with Crippen LogP contribution in [0, 0.1) is 0 Å². The monoisotopic (exact) mass is 981 g/mol. The Morgan fingerprint density at radius 1 is 0.221 bits per heavy atom. The Kier molecular flexibility index (Phi) is 9.47. The van der Waals surface area contributed by atoms with Crippen molar-refractivity contribution in [1.29, 1.82) is 0 Å². The lowest BCUT2D eigenvalue weighted by molar-refractivity contribution is 0.436. The van der Waals surface area contributed by atoms with Crippen LogP contribution in [0.25, 0.3) is 55.6 Å². The minimum Gasteiger partial charge on any atom is -0.457 e. The van der Waals surface area contributed by atoms with Crippen LogP contribution in [0.15, 0.2) is 285 Å². The Labute approximate surface area is 448 Å². The van der Waals surface area contributed by atoms with Crippen molar-refractivity contribution in [2.75, 3.05) is 4.90 Å². The fourth-order valence-electron chi connectivity index (χ4n) is 13.7. The molecule has 0 saturated carbocycles. The van der Waals surface area contributed by atoms with Crippen molar-refractivity contribution in [2.45, 2.75) is 10.8 Å². The van der Waals surface area contributed by atoms with E-state index in [0.29, 0.717) is 0 Å². The first kappa shape index (κ1) is 43.4. The van der Waals surface area contributed by atoms with E-state index in [1.807, 2.05) is 0 Å². The molecule has 0 amide bonds. The number of para-hydroxylation sites is 6. The van der Waals surface area contributed by atoms with Gasteiger partial charge in [0.1, 0.15) is 23.0 Å². The van der Waals surface area contributed by atoms with E-state index in [1.165, 1.54) is 50.1 Å². The average molecular weight is 982 g/mol. The first-order valence-electron chi connectivity index (χ1n) is 26.6. The molecule has 2 spiro atoms. The van der Waals surface area contributed by atoms with Crippen LogP contribution in [0.3, 0.4) is 0 Å². The van der Waals surface area contributed by atoms with Crippen LogP contribution in [0.5, 0.6) is 23.0 Å². The zero-order chi connectivity index (χ0) is 50.7. The number of hydrogen-bond donors (Lipinski definition) is 0. The Balaban J connectivity index is 0.914. The maximum Gasteiger partial charge on any atom is 0.132 e. The quantitative estimate of drug-likeness (QED) is 0.166. The van der Waals surface area contributed by atoms with Crippen molar-refractivity contribution in [1.82, 2.24) is 0 Å². The number of hydrogen-bond acceptors (Lipinski definition) is 3. The summed E-state index contributed by atoms with van der Waals surface area (Å²) in [5, 5.41) is 0. The van der Waals surface area contributed by atoms with Gasteiger partial charge in [-0.1, -0.05) is 224 Å². The van der Waals surface area contributed by atoms with E-state index < -0.39 is 10.8 Å². The van der Waals surface area contributed by atoms with Gasteiger partial charge in [-0.25, -0.2) is 0 Å². The molecular formula is C74H47NO2. The zero-order valence-corrected chi connectivity index (χ0v) is 41.9. The van der Waals surface area contributed by atoms with Crippen molar-refractivity contribution < 1.29 is 9.47 Å². The van der Waals surface area contributed by atoms with Crippen molar-refractivity contribution in [3.63, 3.8) is 0 Å². The van der Waals surface area contributed by atoms with Crippen LogP contribution < -0.4 is 14.4 Å². The molecule has 3 heteroatoms. The van der Waals surface area contributed by atoms with E-state index in [-0.39, 0.29) is 0 Å². The van der Waals surface area contributed by atoms with Gasteiger partial charge in [-0.2, -0.15) is 0 Å². The minimum atomic E-state index is -0.599. The molecule has 0 atom stereocenters. The Morgan fingerprint density at radius 2 is 0.610 bits per heavy atom. The molecule has 0 bridgehead atoms. The predicted molar refractivity (Wildman–Crippen MR) is 312 cm³/mol. The molecule has 2 aliphatic heterocycles. The summed E-state index contributed by atoms with van der Waals surface area (Å²) in [6, 6.07) is 104. The highest BCUT2D eigenvalue weighted by atomic mass is 16.5. The van der Waals surface area contributed by atoms with E-state index in [4.69, 9.17) is 9.47 Å². The maximum atomic E-state index is 6.73. The highest BCUT2D eigenvalue weighted by molar-refractivity contribution is 5.98. The lowest BCUT2D eigenvalue weighted by atomic mass is 9.66. The summed E-state index contributed by atoms with van der Waals surface area (Å²) in [6.45, 7) is 0. The number of rotatable bonds is 6. The van der Waals surface area contributed by atoms with Crippen LogP contribution >= 0.6 is 0 Å². The third-order valence-corrected chi connectivity index (χ3v) is 16.8. The van der Waals surface area contributed by atoms with Gasteiger partial charge in [0.15, 0.2) is 0 Å². The molecule has 12 aromatic carbocycles. The SMILES string of the molecule is c1ccc(-c2cccc(N(c3ccccc3-c3ccc4c(c3)-c3ccccc3C43c4ccccc4Oc4ccccc43)c3ccccc3-c3ccc4c(c3)C3(c5ccccc5Oc5ccccc53)c3ccccc3-4)c2)cc1. The Hall–Kier alpha value is -9.96. The van der Waals surface area contributed by atoms with E-state index >= 15 is 0 Å². The predicted octanol–water partition coefficient (Wildman–Crippen LogP) is 19.1. The third-order valence-electron chi connectivity index (χ3n) is 16.8. The molecule has 16 rings (SSSR count). The van der Waals surface area contributed by atoms with Gasteiger partial charge < -0.3 is 14.4 Å².